The van der Waals surface area contributed by atoms with Crippen molar-refractivity contribution in [3.63, 3.8) is 0 Å². The van der Waals surface area contributed by atoms with Gasteiger partial charge >= 0.3 is 0 Å². The number of amides is 1. The van der Waals surface area contributed by atoms with Crippen LogP contribution in [0.3, 0.4) is 0 Å². The van der Waals surface area contributed by atoms with Crippen LogP contribution in [-0.4, -0.2) is 17.4 Å². The van der Waals surface area contributed by atoms with Gasteiger partial charge in [-0.25, -0.2) is 0 Å². The van der Waals surface area contributed by atoms with Crippen molar-refractivity contribution in [3.05, 3.63) is 69.7 Å². The summed E-state index contributed by atoms with van der Waals surface area (Å²) in [4.78, 5) is 14.7. The lowest BCUT2D eigenvalue weighted by molar-refractivity contribution is 0.0735. The minimum atomic E-state index is -0.0302. The van der Waals surface area contributed by atoms with Crippen LogP contribution in [0.5, 0.6) is 0 Å². The summed E-state index contributed by atoms with van der Waals surface area (Å²) < 4.78 is 0. The lowest BCUT2D eigenvalue weighted by atomic mass is 10.1. The fourth-order valence-electron chi connectivity index (χ4n) is 2.47. The molecule has 0 spiro atoms. The second kappa shape index (κ2) is 6.72. The summed E-state index contributed by atoms with van der Waals surface area (Å²) in [6.07, 6.45) is 2.40. The van der Waals surface area contributed by atoms with E-state index in [-0.39, 0.29) is 5.91 Å². The molecular weight excluding hydrogens is 317 g/mol. The summed E-state index contributed by atoms with van der Waals surface area (Å²) in [6.45, 7) is 1.39. The van der Waals surface area contributed by atoms with Crippen LogP contribution >= 0.6 is 23.2 Å². The standard InChI is InChI=1S/C18H17Cl2NO/c19-15-8-9-16(17(20)10-15)18(22)21(12-14-6-7-14)11-13-4-2-1-3-5-13/h1-5,8-10,14H,6-7,11-12H2. The topological polar surface area (TPSA) is 20.3 Å². The molecule has 0 N–H and O–H groups in total. The minimum Gasteiger partial charge on any atom is -0.334 e. The highest BCUT2D eigenvalue weighted by Crippen LogP contribution is 2.31. The lowest BCUT2D eigenvalue weighted by Gasteiger charge is -2.23. The molecule has 2 aromatic rings. The van der Waals surface area contributed by atoms with E-state index < -0.39 is 0 Å². The maximum atomic E-state index is 12.8. The van der Waals surface area contributed by atoms with E-state index in [2.05, 4.69) is 0 Å². The van der Waals surface area contributed by atoms with Gasteiger partial charge in [0.25, 0.3) is 5.91 Å². The molecule has 0 unspecified atom stereocenters. The zero-order chi connectivity index (χ0) is 15.5. The zero-order valence-electron chi connectivity index (χ0n) is 12.1. The molecule has 1 aliphatic rings. The third-order valence-corrected chi connectivity index (χ3v) is 4.39. The van der Waals surface area contributed by atoms with Crippen LogP contribution in [-0.2, 0) is 6.54 Å². The number of carbonyl (C=O) groups excluding carboxylic acids is 1. The van der Waals surface area contributed by atoms with Crippen LogP contribution in [0.25, 0.3) is 0 Å². The number of hydrogen-bond acceptors (Lipinski definition) is 1. The van der Waals surface area contributed by atoms with E-state index in [4.69, 9.17) is 23.2 Å². The Bertz CT molecular complexity index is 668. The fourth-order valence-corrected chi connectivity index (χ4v) is 2.96. The average molecular weight is 334 g/mol. The van der Waals surface area contributed by atoms with Gasteiger partial charge in [-0.05, 0) is 42.5 Å². The van der Waals surface area contributed by atoms with Crippen molar-refractivity contribution in [2.45, 2.75) is 19.4 Å². The molecule has 0 aromatic heterocycles. The number of carbonyl (C=O) groups is 1. The summed E-state index contributed by atoms with van der Waals surface area (Å²) in [5.74, 6) is 0.594. The molecule has 3 rings (SSSR count). The van der Waals surface area contributed by atoms with Gasteiger partial charge in [0.2, 0.25) is 0 Å². The van der Waals surface area contributed by atoms with E-state index in [9.17, 15) is 4.79 Å². The maximum Gasteiger partial charge on any atom is 0.255 e. The lowest BCUT2D eigenvalue weighted by Crippen LogP contribution is -2.32. The molecule has 4 heteroatoms. The molecule has 2 aromatic carbocycles. The van der Waals surface area contributed by atoms with Gasteiger partial charge in [-0.1, -0.05) is 53.5 Å². The molecule has 1 amide bonds. The Morgan fingerprint density at radius 3 is 2.45 bits per heavy atom. The highest BCUT2D eigenvalue weighted by molar-refractivity contribution is 6.36. The second-order valence-corrected chi connectivity index (χ2v) is 6.58. The van der Waals surface area contributed by atoms with Crippen LogP contribution in [0.1, 0.15) is 28.8 Å². The molecule has 0 bridgehead atoms. The van der Waals surface area contributed by atoms with Crippen molar-refractivity contribution in [1.82, 2.24) is 4.90 Å². The molecule has 1 saturated carbocycles. The molecule has 0 aliphatic heterocycles. The van der Waals surface area contributed by atoms with Crippen molar-refractivity contribution in [2.75, 3.05) is 6.54 Å². The van der Waals surface area contributed by atoms with Gasteiger partial charge in [0, 0.05) is 18.1 Å². The van der Waals surface area contributed by atoms with Gasteiger partial charge in [-0.2, -0.15) is 0 Å². The Hall–Kier alpha value is -1.51. The predicted octanol–water partition coefficient (Wildman–Crippen LogP) is 5.05. The molecular formula is C18H17Cl2NO. The number of nitrogens with zero attached hydrogens (tertiary/aromatic N) is 1. The predicted molar refractivity (Wildman–Crippen MR) is 90.4 cm³/mol. The SMILES string of the molecule is O=C(c1ccc(Cl)cc1Cl)N(Cc1ccccc1)CC1CC1. The molecule has 114 valence electrons. The summed E-state index contributed by atoms with van der Waals surface area (Å²) >= 11 is 12.1. The van der Waals surface area contributed by atoms with Crippen molar-refractivity contribution in [3.8, 4) is 0 Å². The van der Waals surface area contributed by atoms with E-state index in [1.807, 2.05) is 35.2 Å². The normalized spacial score (nSPS) is 13.9. The van der Waals surface area contributed by atoms with Gasteiger partial charge in [0.1, 0.15) is 0 Å². The van der Waals surface area contributed by atoms with Crippen molar-refractivity contribution in [2.24, 2.45) is 5.92 Å². The van der Waals surface area contributed by atoms with E-state index in [0.29, 0.717) is 28.1 Å². The van der Waals surface area contributed by atoms with Gasteiger partial charge in [-0.3, -0.25) is 4.79 Å². The first-order valence-corrected chi connectivity index (χ1v) is 8.17. The molecule has 0 radical (unpaired) electrons. The number of halogens is 2. The van der Waals surface area contributed by atoms with Crippen LogP contribution in [0.4, 0.5) is 0 Å². The first kappa shape index (κ1) is 15.4. The summed E-state index contributed by atoms with van der Waals surface area (Å²) in [5, 5.41) is 0.949. The maximum absolute atomic E-state index is 12.8. The van der Waals surface area contributed by atoms with E-state index in [1.54, 1.807) is 18.2 Å². The number of rotatable bonds is 5. The molecule has 1 fully saturated rings. The average Bonchev–Trinajstić information content (AvgIpc) is 3.31. The Labute approximate surface area is 140 Å². The summed E-state index contributed by atoms with van der Waals surface area (Å²) in [6, 6.07) is 15.1. The van der Waals surface area contributed by atoms with Crippen molar-refractivity contribution in [1.29, 1.82) is 0 Å². The monoisotopic (exact) mass is 333 g/mol. The first-order chi connectivity index (χ1) is 10.6. The van der Waals surface area contributed by atoms with E-state index >= 15 is 0 Å². The van der Waals surface area contributed by atoms with Gasteiger partial charge in [0.05, 0.1) is 10.6 Å². The molecule has 1 aliphatic carbocycles. The third-order valence-electron chi connectivity index (χ3n) is 3.84. The number of hydrogen-bond donors (Lipinski definition) is 0. The molecule has 0 heterocycles. The molecule has 0 saturated heterocycles. The van der Waals surface area contributed by atoms with Crippen LogP contribution < -0.4 is 0 Å². The Morgan fingerprint density at radius 1 is 1.09 bits per heavy atom. The van der Waals surface area contributed by atoms with E-state index in [0.717, 1.165) is 12.1 Å². The van der Waals surface area contributed by atoms with Gasteiger partial charge in [-0.15, -0.1) is 0 Å². The van der Waals surface area contributed by atoms with Crippen LogP contribution in [0.2, 0.25) is 10.0 Å². The summed E-state index contributed by atoms with van der Waals surface area (Å²) in [7, 11) is 0. The van der Waals surface area contributed by atoms with Crippen molar-refractivity contribution >= 4 is 29.1 Å². The minimum absolute atomic E-state index is 0.0302. The summed E-state index contributed by atoms with van der Waals surface area (Å²) in [5.41, 5.74) is 1.64. The first-order valence-electron chi connectivity index (χ1n) is 7.42. The Kier molecular flexibility index (Phi) is 4.70. The second-order valence-electron chi connectivity index (χ2n) is 5.74. The van der Waals surface area contributed by atoms with Crippen molar-refractivity contribution < 1.29 is 4.79 Å². The smallest absolute Gasteiger partial charge is 0.255 e. The third kappa shape index (κ3) is 3.82. The Morgan fingerprint density at radius 2 is 1.82 bits per heavy atom. The highest BCUT2D eigenvalue weighted by atomic mass is 35.5. The quantitative estimate of drug-likeness (QED) is 0.750. The molecule has 22 heavy (non-hydrogen) atoms. The largest absolute Gasteiger partial charge is 0.334 e. The molecule has 0 atom stereocenters. The zero-order valence-corrected chi connectivity index (χ0v) is 13.6. The highest BCUT2D eigenvalue weighted by Gasteiger charge is 2.28. The van der Waals surface area contributed by atoms with E-state index in [1.165, 1.54) is 12.8 Å². The Balaban J connectivity index is 1.82. The van der Waals surface area contributed by atoms with Gasteiger partial charge in [0.15, 0.2) is 0 Å². The number of benzene rings is 2. The van der Waals surface area contributed by atoms with Crippen LogP contribution in [0.15, 0.2) is 48.5 Å². The molecule has 2 nitrogen and oxygen atoms in total. The fraction of sp³-hybridized carbons (Fsp3) is 0.278. The van der Waals surface area contributed by atoms with Gasteiger partial charge < -0.3 is 4.90 Å². The van der Waals surface area contributed by atoms with Crippen LogP contribution in [0, 0.1) is 5.92 Å².